The summed E-state index contributed by atoms with van der Waals surface area (Å²) < 4.78 is 0. The Hall–Kier alpha value is -1.58. The molecule has 1 heterocycles. The Kier molecular flexibility index (Phi) is 3.25. The summed E-state index contributed by atoms with van der Waals surface area (Å²) in [5.74, 6) is -0.402. The van der Waals surface area contributed by atoms with Gasteiger partial charge in [-0.05, 0) is 12.3 Å². The van der Waals surface area contributed by atoms with E-state index in [2.05, 4.69) is 0 Å². The zero-order valence-electron chi connectivity index (χ0n) is 7.27. The van der Waals surface area contributed by atoms with Crippen molar-refractivity contribution in [3.63, 3.8) is 0 Å². The van der Waals surface area contributed by atoms with E-state index in [9.17, 15) is 9.59 Å². The van der Waals surface area contributed by atoms with Crippen LogP contribution in [-0.4, -0.2) is 30.2 Å². The van der Waals surface area contributed by atoms with Gasteiger partial charge >= 0.3 is 0 Å². The molecule has 1 amide bonds. The molecule has 0 radical (unpaired) electrons. The molecule has 0 spiro atoms. The first kappa shape index (κ1) is 9.51. The molecule has 0 atom stereocenters. The molecule has 4 nitrogen and oxygen atoms in total. The molecular weight excluding hydrogens is 168 g/mol. The van der Waals surface area contributed by atoms with Gasteiger partial charge in [0.05, 0.1) is 0 Å². The summed E-state index contributed by atoms with van der Waals surface area (Å²) in [6.45, 7) is 1.13. The lowest BCUT2D eigenvalue weighted by Crippen LogP contribution is -2.29. The van der Waals surface area contributed by atoms with Crippen LogP contribution in [0.4, 0.5) is 0 Å². The van der Waals surface area contributed by atoms with Gasteiger partial charge in [0, 0.05) is 25.1 Å². The SMILES string of the molecule is NC(=O)C1=CC=CN(CCC=O)C1. The minimum absolute atomic E-state index is 0.402. The molecule has 13 heavy (non-hydrogen) atoms. The van der Waals surface area contributed by atoms with Gasteiger partial charge in [-0.1, -0.05) is 6.08 Å². The van der Waals surface area contributed by atoms with E-state index in [1.54, 1.807) is 12.2 Å². The highest BCUT2D eigenvalue weighted by atomic mass is 16.1. The van der Waals surface area contributed by atoms with E-state index in [0.717, 1.165) is 6.29 Å². The third-order valence-electron chi connectivity index (χ3n) is 1.82. The molecule has 0 aromatic heterocycles. The van der Waals surface area contributed by atoms with Crippen molar-refractivity contribution in [1.82, 2.24) is 4.90 Å². The third kappa shape index (κ3) is 2.74. The molecule has 1 aliphatic heterocycles. The van der Waals surface area contributed by atoms with Crippen LogP contribution in [0.2, 0.25) is 0 Å². The molecule has 0 aliphatic carbocycles. The molecule has 0 unspecified atom stereocenters. The van der Waals surface area contributed by atoms with Crippen molar-refractivity contribution in [2.24, 2.45) is 5.73 Å². The normalized spacial score (nSPS) is 15.4. The van der Waals surface area contributed by atoms with Crippen LogP contribution < -0.4 is 5.73 Å². The number of hydrogen-bond donors (Lipinski definition) is 1. The van der Waals surface area contributed by atoms with Crippen LogP contribution in [0, 0.1) is 0 Å². The van der Waals surface area contributed by atoms with Crippen LogP contribution in [-0.2, 0) is 9.59 Å². The van der Waals surface area contributed by atoms with Gasteiger partial charge in [0.1, 0.15) is 6.29 Å². The summed E-state index contributed by atoms with van der Waals surface area (Å²) in [6.07, 6.45) is 6.62. The molecule has 0 bridgehead atoms. The average Bonchev–Trinajstić information content (AvgIpc) is 2.15. The van der Waals surface area contributed by atoms with Crippen LogP contribution in [0.15, 0.2) is 23.9 Å². The highest BCUT2D eigenvalue weighted by Crippen LogP contribution is 2.06. The highest BCUT2D eigenvalue weighted by molar-refractivity contribution is 5.92. The first-order valence-electron chi connectivity index (χ1n) is 4.09. The zero-order valence-corrected chi connectivity index (χ0v) is 7.27. The lowest BCUT2D eigenvalue weighted by molar-refractivity contribution is -0.114. The van der Waals surface area contributed by atoms with Crippen LogP contribution in [0.5, 0.6) is 0 Å². The lowest BCUT2D eigenvalue weighted by atomic mass is 10.1. The summed E-state index contributed by atoms with van der Waals surface area (Å²) in [4.78, 5) is 22.8. The van der Waals surface area contributed by atoms with Gasteiger partial charge in [0.25, 0.3) is 0 Å². The summed E-state index contributed by atoms with van der Waals surface area (Å²) in [7, 11) is 0. The number of nitrogens with two attached hydrogens (primary N) is 1. The molecule has 0 aromatic carbocycles. The predicted molar refractivity (Wildman–Crippen MR) is 48.7 cm³/mol. The number of nitrogens with zero attached hydrogens (tertiary/aromatic N) is 1. The Morgan fingerprint density at radius 3 is 3.08 bits per heavy atom. The van der Waals surface area contributed by atoms with Gasteiger partial charge < -0.3 is 15.4 Å². The second kappa shape index (κ2) is 4.45. The standard InChI is InChI=1S/C9H12N2O2/c10-9(13)8-3-1-4-11(7-8)5-2-6-12/h1,3-4,6H,2,5,7H2,(H2,10,13). The van der Waals surface area contributed by atoms with Crippen molar-refractivity contribution in [1.29, 1.82) is 0 Å². The van der Waals surface area contributed by atoms with E-state index in [-0.39, 0.29) is 0 Å². The van der Waals surface area contributed by atoms with E-state index < -0.39 is 5.91 Å². The molecule has 70 valence electrons. The van der Waals surface area contributed by atoms with E-state index in [1.165, 1.54) is 0 Å². The van der Waals surface area contributed by atoms with Crippen molar-refractivity contribution < 1.29 is 9.59 Å². The Labute approximate surface area is 76.7 Å². The molecule has 0 fully saturated rings. The maximum Gasteiger partial charge on any atom is 0.246 e. The van der Waals surface area contributed by atoms with Gasteiger partial charge in [-0.3, -0.25) is 4.79 Å². The molecule has 4 heteroatoms. The fourth-order valence-electron chi connectivity index (χ4n) is 1.14. The van der Waals surface area contributed by atoms with Gasteiger partial charge in [-0.25, -0.2) is 0 Å². The minimum atomic E-state index is -0.402. The summed E-state index contributed by atoms with van der Waals surface area (Å²) in [5, 5.41) is 0. The van der Waals surface area contributed by atoms with E-state index in [0.29, 0.717) is 25.1 Å². The summed E-state index contributed by atoms with van der Waals surface area (Å²) in [5.41, 5.74) is 5.70. The molecule has 0 aromatic rings. The quantitative estimate of drug-likeness (QED) is 0.610. The molecule has 1 rings (SSSR count). The molecule has 0 saturated carbocycles. The first-order valence-corrected chi connectivity index (χ1v) is 4.09. The molecule has 0 saturated heterocycles. The van der Waals surface area contributed by atoms with Crippen molar-refractivity contribution in [3.05, 3.63) is 23.9 Å². The van der Waals surface area contributed by atoms with Crippen LogP contribution in [0.1, 0.15) is 6.42 Å². The van der Waals surface area contributed by atoms with Gasteiger partial charge in [0.15, 0.2) is 0 Å². The number of primary amides is 1. The number of carbonyl (C=O) groups is 2. The van der Waals surface area contributed by atoms with E-state index in [4.69, 9.17) is 5.73 Å². The van der Waals surface area contributed by atoms with E-state index in [1.807, 2.05) is 11.1 Å². The maximum absolute atomic E-state index is 10.8. The third-order valence-corrected chi connectivity index (χ3v) is 1.82. The minimum Gasteiger partial charge on any atom is -0.372 e. The second-order valence-electron chi connectivity index (χ2n) is 2.82. The average molecular weight is 180 g/mol. The van der Waals surface area contributed by atoms with Crippen molar-refractivity contribution in [2.75, 3.05) is 13.1 Å². The number of allylic oxidation sites excluding steroid dienone is 2. The number of carbonyl (C=O) groups excluding carboxylic acids is 2. The van der Waals surface area contributed by atoms with Crippen LogP contribution in [0.25, 0.3) is 0 Å². The number of aldehydes is 1. The number of hydrogen-bond acceptors (Lipinski definition) is 3. The number of rotatable bonds is 4. The Morgan fingerprint density at radius 2 is 2.46 bits per heavy atom. The Bertz CT molecular complexity index is 269. The highest BCUT2D eigenvalue weighted by Gasteiger charge is 2.10. The van der Waals surface area contributed by atoms with Crippen molar-refractivity contribution in [2.45, 2.75) is 6.42 Å². The first-order chi connectivity index (χ1) is 6.24. The largest absolute Gasteiger partial charge is 0.372 e. The number of amides is 1. The Balaban J connectivity index is 2.49. The zero-order chi connectivity index (χ0) is 9.68. The van der Waals surface area contributed by atoms with Crippen molar-refractivity contribution >= 4 is 12.2 Å². The maximum atomic E-state index is 10.8. The lowest BCUT2D eigenvalue weighted by Gasteiger charge is -2.22. The van der Waals surface area contributed by atoms with Crippen LogP contribution in [0.3, 0.4) is 0 Å². The fourth-order valence-corrected chi connectivity index (χ4v) is 1.14. The van der Waals surface area contributed by atoms with Gasteiger partial charge in [0.2, 0.25) is 5.91 Å². The monoisotopic (exact) mass is 180 g/mol. The second-order valence-corrected chi connectivity index (χ2v) is 2.82. The summed E-state index contributed by atoms with van der Waals surface area (Å²) in [6, 6.07) is 0. The van der Waals surface area contributed by atoms with Gasteiger partial charge in [-0.15, -0.1) is 0 Å². The molecular formula is C9H12N2O2. The Morgan fingerprint density at radius 1 is 1.69 bits per heavy atom. The van der Waals surface area contributed by atoms with E-state index >= 15 is 0 Å². The summed E-state index contributed by atoms with van der Waals surface area (Å²) >= 11 is 0. The predicted octanol–water partition coefficient (Wildman–Crippen LogP) is -0.184. The molecule has 2 N–H and O–H groups in total. The smallest absolute Gasteiger partial charge is 0.246 e. The van der Waals surface area contributed by atoms with Gasteiger partial charge in [-0.2, -0.15) is 0 Å². The fraction of sp³-hybridized carbons (Fsp3) is 0.333. The topological polar surface area (TPSA) is 63.4 Å². The van der Waals surface area contributed by atoms with Crippen molar-refractivity contribution in [3.8, 4) is 0 Å². The molecule has 1 aliphatic rings. The van der Waals surface area contributed by atoms with Crippen LogP contribution >= 0.6 is 0 Å².